The molecule has 0 aromatic heterocycles. The molecule has 0 saturated carbocycles. The minimum Gasteiger partial charge on any atom is -0.396 e. The normalized spacial score (nSPS) is 10.2. The molecule has 0 aliphatic heterocycles. The molecule has 0 bridgehead atoms. The number of halogens is 2. The van der Waals surface area contributed by atoms with Gasteiger partial charge in [-0.05, 0) is 25.5 Å². The maximum atomic E-state index is 12.9. The molecule has 0 heterocycles. The summed E-state index contributed by atoms with van der Waals surface area (Å²) in [6.45, 7) is 2.93. The van der Waals surface area contributed by atoms with Crippen LogP contribution in [0.3, 0.4) is 0 Å². The Balaban J connectivity index is 3.46. The summed E-state index contributed by atoms with van der Waals surface area (Å²) >= 11 is 0. The summed E-state index contributed by atoms with van der Waals surface area (Å²) in [6.07, 6.45) is 0. The van der Waals surface area contributed by atoms with E-state index in [2.05, 4.69) is 0 Å². The van der Waals surface area contributed by atoms with E-state index in [1.165, 1.54) is 13.0 Å². The molecule has 1 rings (SSSR count). The Labute approximate surface area is 63.8 Å². The van der Waals surface area contributed by atoms with Gasteiger partial charge in [0.25, 0.3) is 0 Å². The van der Waals surface area contributed by atoms with Crippen LogP contribution in [0.15, 0.2) is 6.07 Å². The number of hydrogen-bond acceptors (Lipinski definition) is 1. The summed E-state index contributed by atoms with van der Waals surface area (Å²) in [5, 5.41) is 0. The molecule has 0 atom stereocenters. The number of rotatable bonds is 0. The largest absolute Gasteiger partial charge is 0.396 e. The van der Waals surface area contributed by atoms with Crippen molar-refractivity contribution >= 4 is 5.69 Å². The molecule has 0 amide bonds. The zero-order chi connectivity index (χ0) is 8.59. The minimum atomic E-state index is -0.650. The molecule has 0 unspecified atom stereocenters. The molecule has 0 aliphatic rings. The molecule has 0 aliphatic carbocycles. The fourth-order valence-electron chi connectivity index (χ4n) is 0.856. The van der Waals surface area contributed by atoms with E-state index >= 15 is 0 Å². The minimum absolute atomic E-state index is 0.0203. The fraction of sp³-hybridized carbons (Fsp3) is 0.250. The summed E-state index contributed by atoms with van der Waals surface area (Å²) in [4.78, 5) is 0. The predicted molar refractivity (Wildman–Crippen MR) is 40.2 cm³/mol. The maximum Gasteiger partial charge on any atom is 0.152 e. The fourth-order valence-corrected chi connectivity index (χ4v) is 0.856. The number of hydrogen-bond donors (Lipinski definition) is 1. The first kappa shape index (κ1) is 7.98. The van der Waals surface area contributed by atoms with Gasteiger partial charge in [-0.3, -0.25) is 0 Å². The van der Waals surface area contributed by atoms with Crippen LogP contribution in [-0.4, -0.2) is 0 Å². The van der Waals surface area contributed by atoms with Crippen molar-refractivity contribution in [2.45, 2.75) is 13.8 Å². The quantitative estimate of drug-likeness (QED) is 0.574. The molecule has 1 aromatic rings. The topological polar surface area (TPSA) is 26.0 Å². The summed E-state index contributed by atoms with van der Waals surface area (Å²) in [5.41, 5.74) is 5.76. The van der Waals surface area contributed by atoms with E-state index in [-0.39, 0.29) is 11.3 Å². The van der Waals surface area contributed by atoms with Crippen molar-refractivity contribution in [3.8, 4) is 0 Å². The molecule has 2 N–H and O–H groups in total. The lowest BCUT2D eigenvalue weighted by Crippen LogP contribution is -1.99. The summed E-state index contributed by atoms with van der Waals surface area (Å²) in [6, 6.07) is 1.23. The molecule has 11 heavy (non-hydrogen) atoms. The highest BCUT2D eigenvalue weighted by Crippen LogP contribution is 2.21. The number of benzene rings is 1. The molecule has 0 spiro atoms. The summed E-state index contributed by atoms with van der Waals surface area (Å²) in [5.74, 6) is -1.20. The van der Waals surface area contributed by atoms with Gasteiger partial charge in [0, 0.05) is 5.56 Å². The van der Waals surface area contributed by atoms with Gasteiger partial charge in [-0.25, -0.2) is 8.78 Å². The standard InChI is InChI=1S/C8H9F2N/c1-4-3-6(9)5(2)7(10)8(4)11/h3H,11H2,1-2H3. The molecule has 60 valence electrons. The smallest absolute Gasteiger partial charge is 0.152 e. The molecular formula is C8H9F2N. The highest BCUT2D eigenvalue weighted by atomic mass is 19.1. The number of nitrogens with two attached hydrogens (primary N) is 1. The Morgan fingerprint density at radius 2 is 1.82 bits per heavy atom. The van der Waals surface area contributed by atoms with E-state index in [1.54, 1.807) is 6.92 Å². The average Bonchev–Trinajstić information content (AvgIpc) is 1.97. The maximum absolute atomic E-state index is 12.9. The number of aryl methyl sites for hydroxylation is 1. The van der Waals surface area contributed by atoms with Crippen LogP contribution in [0, 0.1) is 25.5 Å². The van der Waals surface area contributed by atoms with Gasteiger partial charge in [-0.2, -0.15) is 0 Å². The second-order valence-electron chi connectivity index (χ2n) is 2.53. The van der Waals surface area contributed by atoms with Crippen LogP contribution in [0.4, 0.5) is 14.5 Å². The second kappa shape index (κ2) is 2.49. The number of nitrogen functional groups attached to an aromatic ring is 1. The van der Waals surface area contributed by atoms with E-state index in [0.717, 1.165) is 0 Å². The SMILES string of the molecule is Cc1cc(F)c(C)c(F)c1N. The Morgan fingerprint density at radius 1 is 1.27 bits per heavy atom. The van der Waals surface area contributed by atoms with E-state index in [4.69, 9.17) is 5.73 Å². The molecular weight excluding hydrogens is 148 g/mol. The van der Waals surface area contributed by atoms with E-state index in [9.17, 15) is 8.78 Å². The highest BCUT2D eigenvalue weighted by Gasteiger charge is 2.09. The van der Waals surface area contributed by atoms with Crippen molar-refractivity contribution in [2.75, 3.05) is 5.73 Å². The highest BCUT2D eigenvalue weighted by molar-refractivity contribution is 5.50. The summed E-state index contributed by atoms with van der Waals surface area (Å²) < 4.78 is 25.6. The van der Waals surface area contributed by atoms with E-state index < -0.39 is 11.6 Å². The van der Waals surface area contributed by atoms with Crippen LogP contribution in [0.25, 0.3) is 0 Å². The van der Waals surface area contributed by atoms with Crippen LogP contribution in [0.1, 0.15) is 11.1 Å². The second-order valence-corrected chi connectivity index (χ2v) is 2.53. The predicted octanol–water partition coefficient (Wildman–Crippen LogP) is 2.16. The molecule has 3 heteroatoms. The van der Waals surface area contributed by atoms with Crippen molar-refractivity contribution < 1.29 is 8.78 Å². The first-order valence-corrected chi connectivity index (χ1v) is 3.24. The molecule has 0 fully saturated rings. The molecule has 0 radical (unpaired) electrons. The van der Waals surface area contributed by atoms with E-state index in [1.807, 2.05) is 0 Å². The Hall–Kier alpha value is -1.12. The van der Waals surface area contributed by atoms with Gasteiger partial charge in [0.05, 0.1) is 5.69 Å². The molecule has 0 saturated heterocycles. The Bertz CT molecular complexity index is 268. The van der Waals surface area contributed by atoms with Crippen LogP contribution < -0.4 is 5.73 Å². The Kier molecular flexibility index (Phi) is 1.81. The summed E-state index contributed by atoms with van der Waals surface area (Å²) in [7, 11) is 0. The zero-order valence-corrected chi connectivity index (χ0v) is 6.41. The van der Waals surface area contributed by atoms with Gasteiger partial charge >= 0.3 is 0 Å². The molecule has 1 nitrogen and oxygen atoms in total. The van der Waals surface area contributed by atoms with Gasteiger partial charge in [-0.1, -0.05) is 0 Å². The monoisotopic (exact) mass is 157 g/mol. The van der Waals surface area contributed by atoms with Crippen LogP contribution in [-0.2, 0) is 0 Å². The number of anilines is 1. The molecule has 1 aromatic carbocycles. The first-order valence-electron chi connectivity index (χ1n) is 3.24. The van der Waals surface area contributed by atoms with Gasteiger partial charge in [0.15, 0.2) is 5.82 Å². The lowest BCUT2D eigenvalue weighted by atomic mass is 10.1. The van der Waals surface area contributed by atoms with Gasteiger partial charge in [0.1, 0.15) is 5.82 Å². The lowest BCUT2D eigenvalue weighted by Gasteiger charge is -2.04. The average molecular weight is 157 g/mol. The third kappa shape index (κ3) is 1.18. The van der Waals surface area contributed by atoms with Crippen LogP contribution >= 0.6 is 0 Å². The van der Waals surface area contributed by atoms with Crippen molar-refractivity contribution in [2.24, 2.45) is 0 Å². The van der Waals surface area contributed by atoms with Crippen molar-refractivity contribution in [3.63, 3.8) is 0 Å². The van der Waals surface area contributed by atoms with Crippen LogP contribution in [0.2, 0.25) is 0 Å². The van der Waals surface area contributed by atoms with Gasteiger partial charge in [-0.15, -0.1) is 0 Å². The van der Waals surface area contributed by atoms with Crippen molar-refractivity contribution in [1.29, 1.82) is 0 Å². The third-order valence-corrected chi connectivity index (χ3v) is 1.69. The lowest BCUT2D eigenvalue weighted by molar-refractivity contribution is 0.569. The third-order valence-electron chi connectivity index (χ3n) is 1.69. The van der Waals surface area contributed by atoms with Crippen LogP contribution in [0.5, 0.6) is 0 Å². The van der Waals surface area contributed by atoms with Crippen molar-refractivity contribution in [1.82, 2.24) is 0 Å². The Morgan fingerprint density at radius 3 is 2.36 bits per heavy atom. The van der Waals surface area contributed by atoms with Gasteiger partial charge < -0.3 is 5.73 Å². The first-order chi connectivity index (χ1) is 5.04. The van der Waals surface area contributed by atoms with Gasteiger partial charge in [0.2, 0.25) is 0 Å². The van der Waals surface area contributed by atoms with E-state index in [0.29, 0.717) is 5.56 Å². The van der Waals surface area contributed by atoms with Crippen molar-refractivity contribution in [3.05, 3.63) is 28.8 Å². The zero-order valence-electron chi connectivity index (χ0n) is 6.41.